The van der Waals surface area contributed by atoms with Crippen molar-refractivity contribution in [1.82, 2.24) is 4.98 Å². The van der Waals surface area contributed by atoms with Gasteiger partial charge in [0.1, 0.15) is 5.75 Å². The zero-order valence-electron chi connectivity index (χ0n) is 15.7. The van der Waals surface area contributed by atoms with Crippen molar-refractivity contribution >= 4 is 44.2 Å². The van der Waals surface area contributed by atoms with Gasteiger partial charge >= 0.3 is 0 Å². The van der Waals surface area contributed by atoms with Crippen molar-refractivity contribution in [3.8, 4) is 5.75 Å². The fourth-order valence-corrected chi connectivity index (χ4v) is 3.98. The van der Waals surface area contributed by atoms with Gasteiger partial charge in [0.25, 0.3) is 5.91 Å². The first-order valence-electron chi connectivity index (χ1n) is 8.79. The fourth-order valence-electron chi connectivity index (χ4n) is 2.79. The number of hydrogen-bond donors (Lipinski definition) is 1. The number of methoxy groups -OCH3 is 1. The first-order valence-corrected chi connectivity index (χ1v) is 9.99. The number of hydrogen-bond acceptors (Lipinski definition) is 4. The third kappa shape index (κ3) is 4.58. The van der Waals surface area contributed by atoms with E-state index in [0.29, 0.717) is 22.3 Å². The molecule has 0 saturated carbocycles. The van der Waals surface area contributed by atoms with Crippen molar-refractivity contribution in [2.45, 2.75) is 6.42 Å². The number of halogens is 1. The van der Waals surface area contributed by atoms with Crippen LogP contribution >= 0.6 is 22.9 Å². The second kappa shape index (κ2) is 8.69. The van der Waals surface area contributed by atoms with Crippen LogP contribution in [0.4, 0.5) is 5.13 Å². The zero-order chi connectivity index (χ0) is 19.4. The molecule has 1 aromatic heterocycles. The van der Waals surface area contributed by atoms with E-state index in [4.69, 9.17) is 16.3 Å². The van der Waals surface area contributed by atoms with E-state index in [1.807, 2.05) is 30.3 Å². The van der Waals surface area contributed by atoms with E-state index in [9.17, 15) is 4.79 Å². The maximum absolute atomic E-state index is 13.2. The Labute approximate surface area is 168 Å². The summed E-state index contributed by atoms with van der Waals surface area (Å²) in [7, 11) is 5.83. The number of quaternary nitrogens is 1. The Hall–Kier alpha value is -2.15. The van der Waals surface area contributed by atoms with Gasteiger partial charge in [-0.1, -0.05) is 35.1 Å². The van der Waals surface area contributed by atoms with Crippen LogP contribution in [0, 0.1) is 0 Å². The Bertz CT molecular complexity index is 942. The van der Waals surface area contributed by atoms with Crippen LogP contribution in [0.25, 0.3) is 10.2 Å². The third-order valence-corrected chi connectivity index (χ3v) is 5.61. The number of rotatable bonds is 7. The predicted octanol–water partition coefficient (Wildman–Crippen LogP) is 3.14. The minimum absolute atomic E-state index is 0.125. The second-order valence-corrected chi connectivity index (χ2v) is 7.99. The first kappa shape index (κ1) is 19.6. The molecule has 1 amide bonds. The number of nitrogens with zero attached hydrogens (tertiary/aromatic N) is 2. The lowest BCUT2D eigenvalue weighted by molar-refractivity contribution is -0.858. The molecule has 142 valence electrons. The quantitative estimate of drug-likeness (QED) is 0.658. The van der Waals surface area contributed by atoms with Gasteiger partial charge in [-0.05, 0) is 24.3 Å². The Morgan fingerprint density at radius 3 is 2.74 bits per heavy atom. The van der Waals surface area contributed by atoms with Gasteiger partial charge in [-0.3, -0.25) is 9.69 Å². The molecule has 0 bridgehead atoms. The van der Waals surface area contributed by atoms with Crippen LogP contribution in [0.5, 0.6) is 5.75 Å². The molecule has 0 radical (unpaired) electrons. The number of anilines is 1. The van der Waals surface area contributed by atoms with E-state index in [-0.39, 0.29) is 5.91 Å². The van der Waals surface area contributed by atoms with Crippen molar-refractivity contribution in [2.75, 3.05) is 39.2 Å². The highest BCUT2D eigenvalue weighted by molar-refractivity contribution is 7.22. The molecule has 1 heterocycles. The van der Waals surface area contributed by atoms with E-state index in [1.54, 1.807) is 24.1 Å². The van der Waals surface area contributed by atoms with Crippen LogP contribution in [0.2, 0.25) is 5.02 Å². The van der Waals surface area contributed by atoms with E-state index in [2.05, 4.69) is 19.1 Å². The molecule has 27 heavy (non-hydrogen) atoms. The lowest BCUT2D eigenvalue weighted by Crippen LogP contribution is -3.05. The second-order valence-electron chi connectivity index (χ2n) is 6.58. The summed E-state index contributed by atoms with van der Waals surface area (Å²) in [5.41, 5.74) is 1.32. The van der Waals surface area contributed by atoms with Crippen molar-refractivity contribution in [3.05, 3.63) is 53.1 Å². The third-order valence-electron chi connectivity index (χ3n) is 4.22. The highest BCUT2D eigenvalue weighted by Crippen LogP contribution is 2.32. The molecule has 0 aliphatic rings. The summed E-state index contributed by atoms with van der Waals surface area (Å²) < 4.78 is 6.29. The van der Waals surface area contributed by atoms with E-state index in [0.717, 1.165) is 28.9 Å². The van der Waals surface area contributed by atoms with Crippen molar-refractivity contribution < 1.29 is 14.4 Å². The predicted molar refractivity (Wildman–Crippen MR) is 112 cm³/mol. The summed E-state index contributed by atoms with van der Waals surface area (Å²) in [6.07, 6.45) is 0.873. The van der Waals surface area contributed by atoms with Gasteiger partial charge < -0.3 is 9.64 Å². The molecule has 0 spiro atoms. The average molecular weight is 405 g/mol. The summed E-state index contributed by atoms with van der Waals surface area (Å²) in [5, 5.41) is 1.13. The lowest BCUT2D eigenvalue weighted by atomic mass is 10.2. The minimum Gasteiger partial charge on any atom is -0.497 e. The molecule has 1 N–H and O–H groups in total. The van der Waals surface area contributed by atoms with Gasteiger partial charge in [0, 0.05) is 19.0 Å². The largest absolute Gasteiger partial charge is 0.497 e. The number of thiazole rings is 1. The number of amides is 1. The number of fused-ring (bicyclic) bond motifs is 1. The van der Waals surface area contributed by atoms with Gasteiger partial charge in [-0.2, -0.15) is 0 Å². The Kier molecular flexibility index (Phi) is 6.31. The zero-order valence-corrected chi connectivity index (χ0v) is 17.2. The van der Waals surface area contributed by atoms with Gasteiger partial charge in [0.05, 0.1) is 48.6 Å². The number of benzene rings is 2. The molecule has 3 rings (SSSR count). The van der Waals surface area contributed by atoms with E-state index >= 15 is 0 Å². The molecule has 0 aliphatic heterocycles. The maximum atomic E-state index is 13.2. The molecule has 2 aromatic carbocycles. The van der Waals surface area contributed by atoms with E-state index in [1.165, 1.54) is 16.2 Å². The number of ether oxygens (including phenoxy) is 1. The molecule has 0 aliphatic carbocycles. The van der Waals surface area contributed by atoms with E-state index < -0.39 is 0 Å². The molecular weight excluding hydrogens is 382 g/mol. The first-order chi connectivity index (χ1) is 13.0. The van der Waals surface area contributed by atoms with Crippen molar-refractivity contribution in [1.29, 1.82) is 0 Å². The number of carbonyl (C=O) groups excluding carboxylic acids is 1. The number of nitrogens with one attached hydrogen (secondary N) is 1. The summed E-state index contributed by atoms with van der Waals surface area (Å²) in [6, 6.07) is 12.9. The van der Waals surface area contributed by atoms with Crippen LogP contribution in [-0.2, 0) is 0 Å². The van der Waals surface area contributed by atoms with Crippen LogP contribution < -0.4 is 14.5 Å². The number of carbonyl (C=O) groups is 1. The molecule has 0 saturated heterocycles. The minimum atomic E-state index is -0.125. The summed E-state index contributed by atoms with van der Waals surface area (Å²) >= 11 is 7.77. The number of aromatic nitrogens is 1. The summed E-state index contributed by atoms with van der Waals surface area (Å²) in [6.45, 7) is 1.55. The van der Waals surface area contributed by atoms with Crippen LogP contribution in [0.1, 0.15) is 16.8 Å². The molecule has 0 fully saturated rings. The van der Waals surface area contributed by atoms with Crippen molar-refractivity contribution in [2.24, 2.45) is 0 Å². The topological polar surface area (TPSA) is 46.9 Å². The lowest BCUT2D eigenvalue weighted by Gasteiger charge is -2.21. The Morgan fingerprint density at radius 1 is 1.26 bits per heavy atom. The highest BCUT2D eigenvalue weighted by Gasteiger charge is 2.23. The normalized spacial score (nSPS) is 11.1. The van der Waals surface area contributed by atoms with Gasteiger partial charge in [-0.25, -0.2) is 4.98 Å². The monoisotopic (exact) mass is 404 g/mol. The average Bonchev–Trinajstić information content (AvgIpc) is 3.07. The Balaban J connectivity index is 1.96. The highest BCUT2D eigenvalue weighted by atomic mass is 35.5. The summed E-state index contributed by atoms with van der Waals surface area (Å²) in [5.74, 6) is 0.625. The molecule has 0 unspecified atom stereocenters. The van der Waals surface area contributed by atoms with Gasteiger partial charge in [0.2, 0.25) is 0 Å². The maximum Gasteiger partial charge on any atom is 0.261 e. The molecule has 5 nitrogen and oxygen atoms in total. The molecule has 7 heteroatoms. The van der Waals surface area contributed by atoms with Gasteiger partial charge in [0.15, 0.2) is 5.13 Å². The fraction of sp³-hybridized carbons (Fsp3) is 0.300. The molecule has 3 aromatic rings. The van der Waals surface area contributed by atoms with Crippen LogP contribution in [0.3, 0.4) is 0 Å². The van der Waals surface area contributed by atoms with Crippen LogP contribution in [0.15, 0.2) is 42.5 Å². The molecular formula is C20H23ClN3O2S+. The standard InChI is InChI=1S/C20H22ClN3O2S/c1-23(2)11-6-12-24(19(25)15-7-4-5-8-16(15)21)20-22-17-13-14(26-3)9-10-18(17)27-20/h4-5,7-10,13H,6,11-12H2,1-3H3/p+1. The van der Waals surface area contributed by atoms with Crippen LogP contribution in [-0.4, -0.2) is 45.2 Å². The van der Waals surface area contributed by atoms with Crippen molar-refractivity contribution in [3.63, 3.8) is 0 Å². The SMILES string of the molecule is COc1ccc2sc(N(CCC[NH+](C)C)C(=O)c3ccccc3Cl)nc2c1. The van der Waals surface area contributed by atoms with Gasteiger partial charge in [-0.15, -0.1) is 0 Å². The Morgan fingerprint density at radius 2 is 2.04 bits per heavy atom. The molecule has 0 atom stereocenters. The smallest absolute Gasteiger partial charge is 0.261 e. The summed E-state index contributed by atoms with van der Waals surface area (Å²) in [4.78, 5) is 21.0.